The summed E-state index contributed by atoms with van der Waals surface area (Å²) in [6.45, 7) is 2.64. The maximum Gasteiger partial charge on any atom is 0.416 e. The number of carbonyl (C=O) groups is 2. The zero-order chi connectivity index (χ0) is 22.7. The van der Waals surface area contributed by atoms with Gasteiger partial charge in [-0.1, -0.05) is 12.1 Å². The summed E-state index contributed by atoms with van der Waals surface area (Å²) < 4.78 is 44.2. The van der Waals surface area contributed by atoms with Crippen molar-refractivity contribution in [3.05, 3.63) is 65.2 Å². The minimum Gasteiger partial charge on any atom is -0.378 e. The molecule has 0 N–H and O–H groups in total. The first-order chi connectivity index (χ1) is 15.4. The van der Waals surface area contributed by atoms with Crippen molar-refractivity contribution in [3.8, 4) is 0 Å². The Morgan fingerprint density at radius 2 is 1.62 bits per heavy atom. The summed E-state index contributed by atoms with van der Waals surface area (Å²) >= 11 is 0. The Labute approximate surface area is 184 Å². The molecule has 2 aromatic rings. The summed E-state index contributed by atoms with van der Waals surface area (Å²) in [5.74, 6) is 0.0374. The monoisotopic (exact) mass is 446 g/mol. The third-order valence-corrected chi connectivity index (χ3v) is 6.26. The van der Waals surface area contributed by atoms with E-state index in [1.54, 1.807) is 12.1 Å². The number of carbonyl (C=O) groups excluding carboxylic acids is 2. The first-order valence-corrected chi connectivity index (χ1v) is 10.7. The van der Waals surface area contributed by atoms with Crippen LogP contribution >= 0.6 is 0 Å². The quantitative estimate of drug-likeness (QED) is 0.663. The van der Waals surface area contributed by atoms with Gasteiger partial charge < -0.3 is 14.5 Å². The van der Waals surface area contributed by atoms with Crippen LogP contribution in [0.15, 0.2) is 48.5 Å². The Balaban J connectivity index is 1.59. The maximum absolute atomic E-state index is 13.3. The molecule has 32 heavy (non-hydrogen) atoms. The lowest BCUT2D eigenvalue weighted by molar-refractivity contribution is -0.138. The van der Waals surface area contributed by atoms with Gasteiger partial charge in [0.05, 0.1) is 18.8 Å². The van der Waals surface area contributed by atoms with Crippen LogP contribution in [-0.2, 0) is 15.7 Å². The van der Waals surface area contributed by atoms with Gasteiger partial charge in [0.2, 0.25) is 5.91 Å². The van der Waals surface area contributed by atoms with Crippen LogP contribution < -0.4 is 4.90 Å². The van der Waals surface area contributed by atoms with Crippen molar-refractivity contribution in [2.24, 2.45) is 0 Å². The first kappa shape index (κ1) is 22.3. The highest BCUT2D eigenvalue weighted by Crippen LogP contribution is 2.36. The van der Waals surface area contributed by atoms with E-state index in [2.05, 4.69) is 0 Å². The van der Waals surface area contributed by atoms with E-state index in [0.717, 1.165) is 29.7 Å². The lowest BCUT2D eigenvalue weighted by Gasteiger charge is -2.43. The molecule has 2 aliphatic heterocycles. The number of hydrogen-bond acceptors (Lipinski definition) is 4. The highest BCUT2D eigenvalue weighted by atomic mass is 19.4. The van der Waals surface area contributed by atoms with Crippen LogP contribution in [0.3, 0.4) is 0 Å². The molecule has 2 fully saturated rings. The van der Waals surface area contributed by atoms with Crippen molar-refractivity contribution in [3.63, 3.8) is 0 Å². The second kappa shape index (κ2) is 9.32. The van der Waals surface area contributed by atoms with Crippen LogP contribution in [0.1, 0.15) is 40.2 Å². The number of anilines is 1. The van der Waals surface area contributed by atoms with E-state index in [-0.39, 0.29) is 17.9 Å². The molecular weight excluding hydrogens is 421 g/mol. The van der Waals surface area contributed by atoms with Crippen LogP contribution in [0.5, 0.6) is 0 Å². The maximum atomic E-state index is 13.3. The van der Waals surface area contributed by atoms with Crippen molar-refractivity contribution in [1.29, 1.82) is 0 Å². The van der Waals surface area contributed by atoms with E-state index in [1.807, 2.05) is 21.9 Å². The van der Waals surface area contributed by atoms with E-state index >= 15 is 0 Å². The molecule has 2 heterocycles. The lowest BCUT2D eigenvalue weighted by atomic mass is 9.86. The largest absolute Gasteiger partial charge is 0.416 e. The zero-order valence-corrected chi connectivity index (χ0v) is 17.6. The van der Waals surface area contributed by atoms with Crippen molar-refractivity contribution < 1.29 is 27.5 Å². The molecule has 4 rings (SSSR count). The van der Waals surface area contributed by atoms with Gasteiger partial charge in [0.15, 0.2) is 0 Å². The SMILES string of the molecule is O=Cc1ccc(N2CC(c3ccc(C(F)(F)F)cc3)CC[C@H]2C(=O)N2CCOCC2)cc1. The molecule has 1 unspecified atom stereocenters. The van der Waals surface area contributed by atoms with E-state index in [0.29, 0.717) is 51.3 Å². The highest BCUT2D eigenvalue weighted by Gasteiger charge is 2.37. The third kappa shape index (κ3) is 4.80. The molecule has 0 spiro atoms. The summed E-state index contributed by atoms with van der Waals surface area (Å²) in [7, 11) is 0. The second-order valence-corrected chi connectivity index (χ2v) is 8.21. The van der Waals surface area contributed by atoms with Crippen LogP contribution in [0, 0.1) is 0 Å². The van der Waals surface area contributed by atoms with Crippen molar-refractivity contribution in [2.75, 3.05) is 37.7 Å². The number of benzene rings is 2. The molecular formula is C24H25F3N2O3. The third-order valence-electron chi connectivity index (χ3n) is 6.26. The molecule has 2 saturated heterocycles. The van der Waals surface area contributed by atoms with Gasteiger partial charge in [-0.15, -0.1) is 0 Å². The van der Waals surface area contributed by atoms with Crippen molar-refractivity contribution in [2.45, 2.75) is 31.0 Å². The van der Waals surface area contributed by atoms with Gasteiger partial charge >= 0.3 is 6.18 Å². The molecule has 5 nitrogen and oxygen atoms in total. The fourth-order valence-corrected chi connectivity index (χ4v) is 4.47. The van der Waals surface area contributed by atoms with Gasteiger partial charge in [0.1, 0.15) is 12.3 Å². The summed E-state index contributed by atoms with van der Waals surface area (Å²) in [6, 6.07) is 12.0. The van der Waals surface area contributed by atoms with Crippen LogP contribution in [-0.4, -0.2) is 56.0 Å². The topological polar surface area (TPSA) is 49.9 Å². The zero-order valence-electron chi connectivity index (χ0n) is 17.6. The number of hydrogen-bond donors (Lipinski definition) is 0. The predicted octanol–water partition coefficient (Wildman–Crippen LogP) is 4.13. The number of alkyl halides is 3. The molecule has 0 saturated carbocycles. The second-order valence-electron chi connectivity index (χ2n) is 8.21. The van der Waals surface area contributed by atoms with Crippen molar-refractivity contribution >= 4 is 17.9 Å². The van der Waals surface area contributed by atoms with Gasteiger partial charge in [0.25, 0.3) is 0 Å². The van der Waals surface area contributed by atoms with Gasteiger partial charge in [-0.25, -0.2) is 0 Å². The van der Waals surface area contributed by atoms with Gasteiger partial charge in [-0.05, 0) is 54.8 Å². The molecule has 0 radical (unpaired) electrons. The van der Waals surface area contributed by atoms with Crippen LogP contribution in [0.2, 0.25) is 0 Å². The van der Waals surface area contributed by atoms with E-state index in [1.165, 1.54) is 12.1 Å². The fourth-order valence-electron chi connectivity index (χ4n) is 4.47. The highest BCUT2D eigenvalue weighted by molar-refractivity contribution is 5.86. The average molecular weight is 446 g/mol. The summed E-state index contributed by atoms with van der Waals surface area (Å²) in [6.07, 6.45) is -2.30. The Morgan fingerprint density at radius 3 is 2.22 bits per heavy atom. The molecule has 1 amide bonds. The Morgan fingerprint density at radius 1 is 0.969 bits per heavy atom. The summed E-state index contributed by atoms with van der Waals surface area (Å²) in [4.78, 5) is 28.2. The summed E-state index contributed by atoms with van der Waals surface area (Å²) in [5.41, 5.74) is 1.52. The Hall–Kier alpha value is -2.87. The average Bonchev–Trinajstić information content (AvgIpc) is 2.83. The molecule has 2 aromatic carbocycles. The molecule has 8 heteroatoms. The van der Waals surface area contributed by atoms with Crippen LogP contribution in [0.25, 0.3) is 0 Å². The number of halogens is 3. The number of aldehydes is 1. The van der Waals surface area contributed by atoms with Crippen LogP contribution in [0.4, 0.5) is 18.9 Å². The smallest absolute Gasteiger partial charge is 0.378 e. The molecule has 0 bridgehead atoms. The number of nitrogens with zero attached hydrogens (tertiary/aromatic N) is 2. The molecule has 0 aliphatic carbocycles. The number of ether oxygens (including phenoxy) is 1. The summed E-state index contributed by atoms with van der Waals surface area (Å²) in [5, 5.41) is 0. The lowest BCUT2D eigenvalue weighted by Crippen LogP contribution is -2.54. The van der Waals surface area contributed by atoms with E-state index < -0.39 is 11.7 Å². The standard InChI is InChI=1S/C24H25F3N2O3/c25-24(26,27)20-6-3-18(4-7-20)19-5-10-22(23(31)28-11-13-32-14-12-28)29(15-19)21-8-1-17(16-30)2-9-21/h1-4,6-9,16,19,22H,5,10-15H2/t19?,22-/m0/s1. The van der Waals surface area contributed by atoms with E-state index in [9.17, 15) is 22.8 Å². The minimum atomic E-state index is -4.37. The molecule has 2 atom stereocenters. The Kier molecular flexibility index (Phi) is 6.50. The first-order valence-electron chi connectivity index (χ1n) is 10.7. The van der Waals surface area contributed by atoms with E-state index in [4.69, 9.17) is 4.74 Å². The predicted molar refractivity (Wildman–Crippen MR) is 114 cm³/mol. The Bertz CT molecular complexity index is 938. The molecule has 2 aliphatic rings. The number of morpholine rings is 1. The van der Waals surface area contributed by atoms with Crippen molar-refractivity contribution in [1.82, 2.24) is 4.90 Å². The normalized spacial score (nSPS) is 22.0. The molecule has 170 valence electrons. The number of amides is 1. The molecule has 0 aromatic heterocycles. The minimum absolute atomic E-state index is 0.00299. The fraction of sp³-hybridized carbons (Fsp3) is 0.417. The number of rotatable bonds is 4. The van der Waals surface area contributed by atoms with Gasteiger partial charge in [-0.2, -0.15) is 13.2 Å². The van der Waals surface area contributed by atoms with Gasteiger partial charge in [-0.3, -0.25) is 9.59 Å². The van der Waals surface area contributed by atoms with Gasteiger partial charge in [0, 0.05) is 36.8 Å². The number of piperidine rings is 1.